The number of amides is 1. The van der Waals surface area contributed by atoms with Crippen molar-refractivity contribution < 1.29 is 19.2 Å². The van der Waals surface area contributed by atoms with Crippen LogP contribution in [-0.4, -0.2) is 26.7 Å². The second kappa shape index (κ2) is 6.75. The Kier molecular flexibility index (Phi) is 4.61. The Morgan fingerprint density at radius 2 is 1.70 bits per heavy atom. The summed E-state index contributed by atoms with van der Waals surface area (Å²) in [4.78, 5) is 24.2. The Labute approximate surface area is 156 Å². The summed E-state index contributed by atoms with van der Waals surface area (Å²) in [6.07, 6.45) is 0. The number of anilines is 1. The molecule has 0 atom stereocenters. The van der Waals surface area contributed by atoms with Gasteiger partial charge in [0.1, 0.15) is 5.76 Å². The minimum atomic E-state index is -1.03. The van der Waals surface area contributed by atoms with E-state index in [-0.39, 0.29) is 11.5 Å². The molecule has 0 unspecified atom stereocenters. The van der Waals surface area contributed by atoms with E-state index in [9.17, 15) is 14.7 Å². The van der Waals surface area contributed by atoms with Crippen LogP contribution in [0.3, 0.4) is 0 Å². The summed E-state index contributed by atoms with van der Waals surface area (Å²) in [6, 6.07) is 6.81. The minimum Gasteiger partial charge on any atom is -0.478 e. The molecule has 0 aliphatic rings. The normalized spacial score (nSPS) is 10.9. The highest BCUT2D eigenvalue weighted by atomic mass is 16.5. The Balaban J connectivity index is 1.96. The van der Waals surface area contributed by atoms with Gasteiger partial charge in [-0.2, -0.15) is 0 Å². The molecule has 0 fully saturated rings. The maximum atomic E-state index is 12.8. The summed E-state index contributed by atoms with van der Waals surface area (Å²) in [5.41, 5.74) is 4.15. The number of rotatable bonds is 4. The van der Waals surface area contributed by atoms with E-state index < -0.39 is 5.97 Å². The summed E-state index contributed by atoms with van der Waals surface area (Å²) >= 11 is 0. The van der Waals surface area contributed by atoms with Crippen LogP contribution in [-0.2, 0) is 0 Å². The van der Waals surface area contributed by atoms with Gasteiger partial charge < -0.3 is 14.9 Å². The van der Waals surface area contributed by atoms with Gasteiger partial charge in [-0.3, -0.25) is 9.36 Å². The largest absolute Gasteiger partial charge is 0.478 e. The maximum absolute atomic E-state index is 12.8. The van der Waals surface area contributed by atoms with Crippen molar-refractivity contribution in [2.24, 2.45) is 0 Å². The monoisotopic (exact) mass is 367 g/mol. The third-order valence-electron chi connectivity index (χ3n) is 4.57. The number of hydrogen-bond acceptors (Lipinski definition) is 4. The lowest BCUT2D eigenvalue weighted by Crippen LogP contribution is -2.15. The van der Waals surface area contributed by atoms with Gasteiger partial charge in [-0.15, -0.1) is 0 Å². The van der Waals surface area contributed by atoms with E-state index >= 15 is 0 Å². The highest BCUT2D eigenvalue weighted by Gasteiger charge is 2.20. The highest BCUT2D eigenvalue weighted by molar-refractivity contribution is 6.06. The first-order valence-electron chi connectivity index (χ1n) is 8.47. The van der Waals surface area contributed by atoms with Crippen molar-refractivity contribution >= 4 is 17.6 Å². The number of nitrogens with zero attached hydrogens (tertiary/aromatic N) is 2. The zero-order valence-electron chi connectivity index (χ0n) is 15.9. The molecule has 0 saturated carbocycles. The number of nitrogens with one attached hydrogen (secondary N) is 1. The number of aromatic carboxylic acids is 1. The molecule has 7 nitrogen and oxygen atoms in total. The lowest BCUT2D eigenvalue weighted by molar-refractivity contribution is 0.0695. The van der Waals surface area contributed by atoms with Gasteiger partial charge >= 0.3 is 5.97 Å². The molecule has 0 aliphatic heterocycles. The molecule has 3 rings (SSSR count). The van der Waals surface area contributed by atoms with Crippen molar-refractivity contribution in [1.82, 2.24) is 9.72 Å². The average molecular weight is 367 g/mol. The van der Waals surface area contributed by atoms with Gasteiger partial charge in [-0.1, -0.05) is 11.2 Å². The molecule has 0 radical (unpaired) electrons. The van der Waals surface area contributed by atoms with E-state index in [0.29, 0.717) is 28.4 Å². The van der Waals surface area contributed by atoms with Crippen molar-refractivity contribution in [1.29, 1.82) is 0 Å². The van der Waals surface area contributed by atoms with Crippen LogP contribution in [0.15, 0.2) is 28.8 Å². The van der Waals surface area contributed by atoms with Crippen molar-refractivity contribution in [2.75, 3.05) is 5.32 Å². The number of benzene rings is 1. The fraction of sp³-hybridized carbons (Fsp3) is 0.250. The van der Waals surface area contributed by atoms with Gasteiger partial charge in [0.15, 0.2) is 5.82 Å². The van der Waals surface area contributed by atoms with E-state index in [1.165, 1.54) is 6.07 Å². The fourth-order valence-corrected chi connectivity index (χ4v) is 3.21. The molecule has 1 amide bonds. The van der Waals surface area contributed by atoms with Crippen molar-refractivity contribution in [3.8, 4) is 5.82 Å². The number of aromatic nitrogens is 2. The predicted octanol–water partition coefficient (Wildman–Crippen LogP) is 3.96. The Hall–Kier alpha value is -3.35. The lowest BCUT2D eigenvalue weighted by atomic mass is 10.0. The smallest absolute Gasteiger partial charge is 0.336 e. The molecule has 140 valence electrons. The van der Waals surface area contributed by atoms with Crippen molar-refractivity contribution in [3.05, 3.63) is 63.7 Å². The zero-order valence-corrected chi connectivity index (χ0v) is 15.9. The molecule has 0 aliphatic carbocycles. The fourth-order valence-electron chi connectivity index (χ4n) is 3.21. The molecule has 7 heteroatoms. The number of carboxylic acid groups (broad SMARTS) is 1. The second-order valence-electron chi connectivity index (χ2n) is 6.66. The van der Waals surface area contributed by atoms with Crippen LogP contribution in [0.2, 0.25) is 0 Å². The van der Waals surface area contributed by atoms with Gasteiger partial charge in [0.05, 0.1) is 11.1 Å². The van der Waals surface area contributed by atoms with Gasteiger partial charge in [0.2, 0.25) is 0 Å². The predicted molar refractivity (Wildman–Crippen MR) is 101 cm³/mol. The second-order valence-corrected chi connectivity index (χ2v) is 6.66. The van der Waals surface area contributed by atoms with Crippen LogP contribution in [0.4, 0.5) is 5.69 Å². The summed E-state index contributed by atoms with van der Waals surface area (Å²) in [7, 11) is 0. The van der Waals surface area contributed by atoms with Crippen molar-refractivity contribution in [3.63, 3.8) is 0 Å². The van der Waals surface area contributed by atoms with Crippen molar-refractivity contribution in [2.45, 2.75) is 34.6 Å². The van der Waals surface area contributed by atoms with Crippen LogP contribution in [0.1, 0.15) is 49.0 Å². The van der Waals surface area contributed by atoms with Gasteiger partial charge in [-0.25, -0.2) is 4.79 Å². The standard InChI is InChI=1S/C20H21N3O4/c1-10-6-11(2)17(9-15(10)20(25)26)21-19(24)16-7-12(3)23(14(16)5)18-8-13(4)27-22-18/h6-9H,1-5H3,(H,21,24)(H,25,26). The molecule has 2 heterocycles. The SMILES string of the molecule is Cc1cc(-n2c(C)cc(C(=O)Nc3cc(C(=O)O)c(C)cc3C)c2C)no1. The first-order valence-corrected chi connectivity index (χ1v) is 8.47. The van der Waals surface area contributed by atoms with E-state index in [0.717, 1.165) is 17.0 Å². The molecule has 1 aromatic carbocycles. The van der Waals surface area contributed by atoms with Crippen LogP contribution >= 0.6 is 0 Å². The highest BCUT2D eigenvalue weighted by Crippen LogP contribution is 2.24. The Bertz CT molecular complexity index is 1060. The average Bonchev–Trinajstić information content (AvgIpc) is 3.12. The Morgan fingerprint density at radius 3 is 2.30 bits per heavy atom. The van der Waals surface area contributed by atoms with Crippen LogP contribution in [0, 0.1) is 34.6 Å². The first kappa shape index (κ1) is 18.4. The summed E-state index contributed by atoms with van der Waals surface area (Å²) in [5.74, 6) is -0.0401. The number of aryl methyl sites for hydroxylation is 4. The topological polar surface area (TPSA) is 97.4 Å². The molecule has 3 aromatic rings. The molecule has 27 heavy (non-hydrogen) atoms. The third kappa shape index (κ3) is 3.36. The summed E-state index contributed by atoms with van der Waals surface area (Å²) in [6.45, 7) is 9.08. The maximum Gasteiger partial charge on any atom is 0.336 e. The minimum absolute atomic E-state index is 0.166. The van der Waals surface area contributed by atoms with Gasteiger partial charge in [0.25, 0.3) is 5.91 Å². The van der Waals surface area contributed by atoms with Gasteiger partial charge in [-0.05, 0) is 57.9 Å². The molecule has 2 aromatic heterocycles. The molecule has 2 N–H and O–H groups in total. The molecule has 0 saturated heterocycles. The van der Waals surface area contributed by atoms with Crippen LogP contribution < -0.4 is 5.32 Å². The molecular formula is C20H21N3O4. The number of carbonyl (C=O) groups is 2. The third-order valence-corrected chi connectivity index (χ3v) is 4.57. The van der Waals surface area contributed by atoms with E-state index in [2.05, 4.69) is 10.5 Å². The van der Waals surface area contributed by atoms with Crippen LogP contribution in [0.25, 0.3) is 5.82 Å². The molecule has 0 spiro atoms. The lowest BCUT2D eigenvalue weighted by Gasteiger charge is -2.12. The van der Waals surface area contributed by atoms with Crippen LogP contribution in [0.5, 0.6) is 0 Å². The number of carbonyl (C=O) groups excluding carboxylic acids is 1. The summed E-state index contributed by atoms with van der Waals surface area (Å²) in [5, 5.41) is 16.1. The van der Waals surface area contributed by atoms with E-state index in [1.54, 1.807) is 32.0 Å². The molecule has 0 bridgehead atoms. The summed E-state index contributed by atoms with van der Waals surface area (Å²) < 4.78 is 6.97. The van der Waals surface area contributed by atoms with E-state index in [4.69, 9.17) is 4.52 Å². The van der Waals surface area contributed by atoms with Gasteiger partial charge in [0, 0.05) is 23.1 Å². The number of carboxylic acids is 1. The first-order chi connectivity index (χ1) is 12.7. The Morgan fingerprint density at radius 1 is 1.00 bits per heavy atom. The quantitative estimate of drug-likeness (QED) is 0.727. The zero-order chi connectivity index (χ0) is 19.9. The number of hydrogen-bond donors (Lipinski definition) is 2. The molecular weight excluding hydrogens is 346 g/mol. The van der Waals surface area contributed by atoms with E-state index in [1.807, 2.05) is 25.3 Å².